The van der Waals surface area contributed by atoms with Crippen molar-refractivity contribution in [3.05, 3.63) is 40.4 Å². The van der Waals surface area contributed by atoms with E-state index in [0.29, 0.717) is 4.91 Å². The lowest BCUT2D eigenvalue weighted by Gasteiger charge is -2.39. The molecule has 2 heterocycles. The number of ether oxygens (including phenoxy) is 1. The topological polar surface area (TPSA) is 62.2 Å². The monoisotopic (exact) mass is 391 g/mol. The first-order valence-corrected chi connectivity index (χ1v) is 9.89. The molecule has 0 radical (unpaired) electrons. The molecule has 138 valence electrons. The van der Waals surface area contributed by atoms with Crippen LogP contribution in [-0.4, -0.2) is 39.7 Å². The lowest BCUT2D eigenvalue weighted by atomic mass is 10.2. The Morgan fingerprint density at radius 2 is 1.85 bits per heavy atom. The molecule has 0 aromatic heterocycles. The number of anilines is 1. The Morgan fingerprint density at radius 1 is 1.19 bits per heavy atom. The van der Waals surface area contributed by atoms with Gasteiger partial charge in [0.2, 0.25) is 9.37 Å². The van der Waals surface area contributed by atoms with Crippen LogP contribution in [0.5, 0.6) is 0 Å². The molecule has 6 nitrogen and oxygen atoms in total. The van der Waals surface area contributed by atoms with Crippen LogP contribution in [0.1, 0.15) is 26.3 Å². The fraction of sp³-hybridized carbons (Fsp3) is 0.389. The number of carbonyl (C=O) groups excluding carboxylic acids is 2. The van der Waals surface area contributed by atoms with E-state index in [0.717, 1.165) is 16.9 Å². The first-order valence-electron chi connectivity index (χ1n) is 8.26. The van der Waals surface area contributed by atoms with E-state index in [9.17, 15) is 9.59 Å². The molecule has 1 aromatic rings. The fourth-order valence-electron chi connectivity index (χ4n) is 2.77. The smallest absolute Gasteiger partial charge is 0.365 e. The highest BCUT2D eigenvalue weighted by atomic mass is 32.2. The summed E-state index contributed by atoms with van der Waals surface area (Å²) in [5.74, 6) is -0.445. The maximum atomic E-state index is 12.3. The molecule has 0 saturated carbocycles. The third-order valence-corrected chi connectivity index (χ3v) is 7.38. The molecule has 8 heteroatoms. The number of carbonyl (C=O) groups is 2. The lowest BCUT2D eigenvalue weighted by Crippen LogP contribution is -2.47. The Kier molecular flexibility index (Phi) is 5.07. The number of rotatable bonds is 4. The van der Waals surface area contributed by atoms with Crippen molar-refractivity contribution >= 4 is 46.0 Å². The minimum absolute atomic E-state index is 0.00488. The maximum absolute atomic E-state index is 12.3. The molecule has 1 aromatic carbocycles. The first-order chi connectivity index (χ1) is 12.3. The van der Waals surface area contributed by atoms with Gasteiger partial charge in [0, 0.05) is 12.7 Å². The average Bonchev–Trinajstić information content (AvgIpc) is 3.10. The van der Waals surface area contributed by atoms with Crippen molar-refractivity contribution in [3.63, 3.8) is 0 Å². The molecule has 0 saturated heterocycles. The van der Waals surface area contributed by atoms with Crippen LogP contribution < -0.4 is 5.01 Å². The number of Topliss-reactive ketones (excluding diaryl/α,β-unsaturated/α-hetero) is 1. The van der Waals surface area contributed by atoms with E-state index < -0.39 is 10.3 Å². The van der Waals surface area contributed by atoms with E-state index in [2.05, 4.69) is 5.10 Å². The average molecular weight is 392 g/mol. The summed E-state index contributed by atoms with van der Waals surface area (Å²) in [4.78, 5) is 27.1. The summed E-state index contributed by atoms with van der Waals surface area (Å²) in [6.45, 7) is 7.54. The van der Waals surface area contributed by atoms with Crippen LogP contribution in [0.25, 0.3) is 0 Å². The van der Waals surface area contributed by atoms with Gasteiger partial charge in [-0.25, -0.2) is 9.80 Å². The van der Waals surface area contributed by atoms with Crippen LogP contribution in [0, 0.1) is 6.92 Å². The number of benzene rings is 1. The molecular formula is C18H21N3O3S2. The van der Waals surface area contributed by atoms with E-state index >= 15 is 0 Å². The summed E-state index contributed by atoms with van der Waals surface area (Å²) in [7, 11) is 1.91. The Balaban J connectivity index is 2.05. The van der Waals surface area contributed by atoms with Gasteiger partial charge >= 0.3 is 5.97 Å². The molecule has 0 bridgehead atoms. The molecule has 0 N–H and O–H groups in total. The lowest BCUT2D eigenvalue weighted by molar-refractivity contribution is -0.134. The quantitative estimate of drug-likeness (QED) is 0.728. The van der Waals surface area contributed by atoms with Gasteiger partial charge in [0.25, 0.3) is 0 Å². The molecular weight excluding hydrogens is 370 g/mol. The molecule has 0 unspecified atom stereocenters. The van der Waals surface area contributed by atoms with Crippen LogP contribution in [0.4, 0.5) is 5.69 Å². The van der Waals surface area contributed by atoms with Gasteiger partial charge in [0.15, 0.2) is 5.78 Å². The standard InChI is InChI=1S/C18H21N3O3S2/c1-6-24-17(23)16-19-21(14-9-7-11(2)8-10-14)18(26-16)20(5)12(3)15(25-18)13(4)22/h7-10H,6H2,1-5H3/t18-/m1/s1. The summed E-state index contributed by atoms with van der Waals surface area (Å²) in [6, 6.07) is 7.92. The number of aryl methyl sites for hydroxylation is 1. The maximum Gasteiger partial charge on any atom is 0.365 e. The summed E-state index contributed by atoms with van der Waals surface area (Å²) >= 11 is 2.72. The van der Waals surface area contributed by atoms with Gasteiger partial charge in [0.05, 0.1) is 17.2 Å². The molecule has 0 fully saturated rings. The van der Waals surface area contributed by atoms with Crippen molar-refractivity contribution in [1.29, 1.82) is 0 Å². The summed E-state index contributed by atoms with van der Waals surface area (Å²) in [5, 5.41) is 6.64. The third kappa shape index (κ3) is 3.01. The summed E-state index contributed by atoms with van der Waals surface area (Å²) < 4.78 is 4.38. The highest BCUT2D eigenvalue weighted by Crippen LogP contribution is 2.58. The van der Waals surface area contributed by atoms with Gasteiger partial charge in [-0.3, -0.25) is 4.79 Å². The van der Waals surface area contributed by atoms with Gasteiger partial charge in [0.1, 0.15) is 0 Å². The van der Waals surface area contributed by atoms with Crippen molar-refractivity contribution < 1.29 is 14.3 Å². The molecule has 1 atom stereocenters. The van der Waals surface area contributed by atoms with E-state index in [1.165, 1.54) is 23.5 Å². The molecule has 0 amide bonds. The minimum atomic E-state index is -0.761. The summed E-state index contributed by atoms with van der Waals surface area (Å²) in [5.41, 5.74) is 2.85. The number of hydrogen-bond acceptors (Lipinski definition) is 8. The third-order valence-electron chi connectivity index (χ3n) is 4.23. The van der Waals surface area contributed by atoms with Gasteiger partial charge in [-0.15, -0.1) is 0 Å². The van der Waals surface area contributed by atoms with Crippen molar-refractivity contribution in [2.75, 3.05) is 18.7 Å². The van der Waals surface area contributed by atoms with Crippen LogP contribution in [0.3, 0.4) is 0 Å². The zero-order valence-corrected chi connectivity index (χ0v) is 17.0. The number of ketones is 1. The van der Waals surface area contributed by atoms with Gasteiger partial charge < -0.3 is 9.64 Å². The second-order valence-corrected chi connectivity index (χ2v) is 8.66. The number of hydrazone groups is 1. The molecule has 26 heavy (non-hydrogen) atoms. The van der Waals surface area contributed by atoms with E-state index in [1.54, 1.807) is 18.9 Å². The number of nitrogens with zero attached hydrogens (tertiary/aromatic N) is 3. The first kappa shape index (κ1) is 18.8. The van der Waals surface area contributed by atoms with Crippen molar-refractivity contribution in [1.82, 2.24) is 4.90 Å². The Hall–Kier alpha value is -1.93. The van der Waals surface area contributed by atoms with Crippen molar-refractivity contribution in [2.45, 2.75) is 32.0 Å². The molecule has 1 spiro atoms. The van der Waals surface area contributed by atoms with E-state index in [-0.39, 0.29) is 17.4 Å². The SMILES string of the molecule is CCOC(=O)C1=NN(c2ccc(C)cc2)[C@@]2(S1)SC(C(C)=O)=C(C)N2C. The Bertz CT molecular complexity index is 819. The van der Waals surface area contributed by atoms with Gasteiger partial charge in [-0.2, -0.15) is 5.10 Å². The van der Waals surface area contributed by atoms with Crippen LogP contribution in [-0.2, 0) is 14.3 Å². The zero-order valence-electron chi connectivity index (χ0n) is 15.4. The predicted octanol–water partition coefficient (Wildman–Crippen LogP) is 3.54. The zero-order chi connectivity index (χ0) is 19.1. The fourth-order valence-corrected chi connectivity index (χ4v) is 5.64. The van der Waals surface area contributed by atoms with Crippen LogP contribution in [0.2, 0.25) is 0 Å². The second kappa shape index (κ2) is 7.00. The van der Waals surface area contributed by atoms with Crippen molar-refractivity contribution in [2.24, 2.45) is 5.10 Å². The largest absolute Gasteiger partial charge is 0.461 e. The molecule has 3 rings (SSSR count). The number of thioether (sulfide) groups is 2. The highest BCUT2D eigenvalue weighted by molar-refractivity contribution is 8.28. The number of allylic oxidation sites excluding steroid dienone is 2. The van der Waals surface area contributed by atoms with Crippen LogP contribution >= 0.6 is 23.5 Å². The highest BCUT2D eigenvalue weighted by Gasteiger charge is 2.56. The summed E-state index contributed by atoms with van der Waals surface area (Å²) in [6.07, 6.45) is 0. The Labute approximate surface area is 161 Å². The molecule has 2 aliphatic rings. The molecule has 2 aliphatic heterocycles. The van der Waals surface area contributed by atoms with E-state index in [1.807, 2.05) is 50.1 Å². The second-order valence-electron chi connectivity index (χ2n) is 6.06. The van der Waals surface area contributed by atoms with Crippen LogP contribution in [0.15, 0.2) is 40.0 Å². The molecule has 0 aliphatic carbocycles. The predicted molar refractivity (Wildman–Crippen MR) is 107 cm³/mol. The Morgan fingerprint density at radius 3 is 2.38 bits per heavy atom. The minimum Gasteiger partial charge on any atom is -0.461 e. The van der Waals surface area contributed by atoms with E-state index in [4.69, 9.17) is 4.74 Å². The number of hydrogen-bond donors (Lipinski definition) is 0. The van der Waals surface area contributed by atoms with Gasteiger partial charge in [-0.05, 0) is 51.6 Å². The van der Waals surface area contributed by atoms with Gasteiger partial charge in [-0.1, -0.05) is 29.5 Å². The van der Waals surface area contributed by atoms with Crippen molar-refractivity contribution in [3.8, 4) is 0 Å². The number of esters is 1. The normalized spacial score (nSPS) is 22.3.